The molecule has 0 fully saturated rings. The van der Waals surface area contributed by atoms with Gasteiger partial charge < -0.3 is 14.8 Å². The van der Waals surface area contributed by atoms with Gasteiger partial charge in [-0.2, -0.15) is 0 Å². The zero-order valence-electron chi connectivity index (χ0n) is 10.0. The lowest BCUT2D eigenvalue weighted by atomic mass is 10.3. The molecule has 16 heavy (non-hydrogen) atoms. The molecule has 1 rings (SSSR count). The first-order valence-electron chi connectivity index (χ1n) is 5.63. The first-order chi connectivity index (χ1) is 7.69. The van der Waals surface area contributed by atoms with Crippen LogP contribution in [0.3, 0.4) is 0 Å². The van der Waals surface area contributed by atoms with Gasteiger partial charge in [0, 0.05) is 31.9 Å². The van der Waals surface area contributed by atoms with Crippen molar-refractivity contribution in [3.63, 3.8) is 0 Å². The van der Waals surface area contributed by atoms with Crippen molar-refractivity contribution in [2.24, 2.45) is 0 Å². The molecular formula is C11H21N3O2. The van der Waals surface area contributed by atoms with Crippen LogP contribution >= 0.6 is 0 Å². The summed E-state index contributed by atoms with van der Waals surface area (Å²) >= 11 is 0. The topological polar surface area (TPSA) is 61.5 Å². The van der Waals surface area contributed by atoms with Gasteiger partial charge in [-0.25, -0.2) is 4.98 Å². The van der Waals surface area contributed by atoms with Gasteiger partial charge in [0.1, 0.15) is 0 Å². The third kappa shape index (κ3) is 3.59. The molecule has 0 aliphatic rings. The highest BCUT2D eigenvalue weighted by atomic mass is 16.3. The summed E-state index contributed by atoms with van der Waals surface area (Å²) in [5, 5.41) is 17.8. The Morgan fingerprint density at radius 1 is 1.31 bits per heavy atom. The molecule has 0 saturated heterocycles. The van der Waals surface area contributed by atoms with E-state index in [-0.39, 0.29) is 13.2 Å². The van der Waals surface area contributed by atoms with Gasteiger partial charge in [0.05, 0.1) is 25.2 Å². The standard InChI is InChI=1S/C11H21N3O2/c1-10(2)14-9-12-7-11(14)8-13(3-5-15)4-6-16/h7,9-10,15-16H,3-6,8H2,1-2H3. The van der Waals surface area contributed by atoms with Crippen molar-refractivity contribution in [3.8, 4) is 0 Å². The van der Waals surface area contributed by atoms with E-state index in [0.29, 0.717) is 25.7 Å². The fourth-order valence-electron chi connectivity index (χ4n) is 1.70. The number of aromatic nitrogens is 2. The Morgan fingerprint density at radius 3 is 2.44 bits per heavy atom. The molecule has 0 aliphatic heterocycles. The Labute approximate surface area is 96.3 Å². The second-order valence-electron chi connectivity index (χ2n) is 4.11. The van der Waals surface area contributed by atoms with E-state index >= 15 is 0 Å². The van der Waals surface area contributed by atoms with E-state index in [0.717, 1.165) is 5.69 Å². The maximum Gasteiger partial charge on any atom is 0.0951 e. The molecular weight excluding hydrogens is 206 g/mol. The van der Waals surface area contributed by atoms with Crippen molar-refractivity contribution in [3.05, 3.63) is 18.2 Å². The summed E-state index contributed by atoms with van der Waals surface area (Å²) < 4.78 is 2.10. The van der Waals surface area contributed by atoms with Crippen LogP contribution < -0.4 is 0 Å². The van der Waals surface area contributed by atoms with E-state index in [4.69, 9.17) is 10.2 Å². The van der Waals surface area contributed by atoms with Gasteiger partial charge in [0.25, 0.3) is 0 Å². The molecule has 0 unspecified atom stereocenters. The molecule has 0 amide bonds. The summed E-state index contributed by atoms with van der Waals surface area (Å²) in [7, 11) is 0. The van der Waals surface area contributed by atoms with Crippen LogP contribution in [0.15, 0.2) is 12.5 Å². The van der Waals surface area contributed by atoms with Gasteiger partial charge in [-0.3, -0.25) is 4.90 Å². The van der Waals surface area contributed by atoms with E-state index in [1.54, 1.807) is 0 Å². The Kier molecular flexibility index (Phi) is 5.45. The van der Waals surface area contributed by atoms with Crippen molar-refractivity contribution in [2.45, 2.75) is 26.4 Å². The quantitative estimate of drug-likeness (QED) is 0.701. The Hall–Kier alpha value is -0.910. The molecule has 0 aromatic carbocycles. The monoisotopic (exact) mass is 227 g/mol. The predicted molar refractivity (Wildman–Crippen MR) is 62.1 cm³/mol. The molecule has 5 nitrogen and oxygen atoms in total. The SMILES string of the molecule is CC(C)n1cncc1CN(CCO)CCO. The summed E-state index contributed by atoms with van der Waals surface area (Å²) in [6, 6.07) is 0.377. The minimum atomic E-state index is 0.107. The van der Waals surface area contributed by atoms with Crippen molar-refractivity contribution in [1.82, 2.24) is 14.5 Å². The number of hydrogen-bond donors (Lipinski definition) is 2. The molecule has 2 N–H and O–H groups in total. The fourth-order valence-corrected chi connectivity index (χ4v) is 1.70. The van der Waals surface area contributed by atoms with E-state index in [9.17, 15) is 0 Å². The van der Waals surface area contributed by atoms with Gasteiger partial charge in [0.2, 0.25) is 0 Å². The minimum absolute atomic E-state index is 0.107. The summed E-state index contributed by atoms with van der Waals surface area (Å²) in [4.78, 5) is 6.14. The molecule has 0 aliphatic carbocycles. The fraction of sp³-hybridized carbons (Fsp3) is 0.727. The molecule has 0 radical (unpaired) electrons. The van der Waals surface area contributed by atoms with Crippen molar-refractivity contribution in [1.29, 1.82) is 0 Å². The average molecular weight is 227 g/mol. The number of aliphatic hydroxyl groups is 2. The molecule has 0 spiro atoms. The van der Waals surface area contributed by atoms with Crippen molar-refractivity contribution in [2.75, 3.05) is 26.3 Å². The number of hydrogen-bond acceptors (Lipinski definition) is 4. The number of aliphatic hydroxyl groups excluding tert-OH is 2. The first-order valence-corrected chi connectivity index (χ1v) is 5.63. The second-order valence-corrected chi connectivity index (χ2v) is 4.11. The number of nitrogens with zero attached hydrogens (tertiary/aromatic N) is 3. The van der Waals surface area contributed by atoms with Gasteiger partial charge in [-0.05, 0) is 13.8 Å². The highest BCUT2D eigenvalue weighted by Gasteiger charge is 2.10. The second kappa shape index (κ2) is 6.62. The molecule has 0 bridgehead atoms. The normalized spacial score (nSPS) is 11.6. The lowest BCUT2D eigenvalue weighted by Crippen LogP contribution is -2.30. The lowest BCUT2D eigenvalue weighted by molar-refractivity contribution is 0.153. The van der Waals surface area contributed by atoms with E-state index in [1.165, 1.54) is 0 Å². The van der Waals surface area contributed by atoms with Crippen molar-refractivity contribution >= 4 is 0 Å². The first kappa shape index (κ1) is 13.2. The molecule has 1 heterocycles. The molecule has 0 atom stereocenters. The summed E-state index contributed by atoms with van der Waals surface area (Å²) in [6.07, 6.45) is 3.65. The van der Waals surface area contributed by atoms with Gasteiger partial charge in [0.15, 0.2) is 0 Å². The smallest absolute Gasteiger partial charge is 0.0951 e. The zero-order chi connectivity index (χ0) is 12.0. The van der Waals surface area contributed by atoms with Crippen LogP contribution in [0.2, 0.25) is 0 Å². The Bertz CT molecular complexity index is 293. The van der Waals surface area contributed by atoms with Gasteiger partial charge >= 0.3 is 0 Å². The molecule has 92 valence electrons. The summed E-state index contributed by atoms with van der Waals surface area (Å²) in [5.74, 6) is 0. The van der Waals surface area contributed by atoms with Crippen LogP contribution in [-0.2, 0) is 6.54 Å². The van der Waals surface area contributed by atoms with E-state index < -0.39 is 0 Å². The highest BCUT2D eigenvalue weighted by molar-refractivity contribution is 4.99. The zero-order valence-corrected chi connectivity index (χ0v) is 10.0. The van der Waals surface area contributed by atoms with Crippen LogP contribution in [0.5, 0.6) is 0 Å². The van der Waals surface area contributed by atoms with Crippen molar-refractivity contribution < 1.29 is 10.2 Å². The third-order valence-corrected chi connectivity index (χ3v) is 2.52. The Balaban J connectivity index is 2.64. The lowest BCUT2D eigenvalue weighted by Gasteiger charge is -2.21. The summed E-state index contributed by atoms with van der Waals surface area (Å²) in [5.41, 5.74) is 1.11. The average Bonchev–Trinajstić information content (AvgIpc) is 2.66. The van der Waals surface area contributed by atoms with Gasteiger partial charge in [-0.1, -0.05) is 0 Å². The van der Waals surface area contributed by atoms with Gasteiger partial charge in [-0.15, -0.1) is 0 Å². The van der Waals surface area contributed by atoms with E-state index in [1.807, 2.05) is 17.4 Å². The molecule has 5 heteroatoms. The Morgan fingerprint density at radius 2 is 1.94 bits per heavy atom. The van der Waals surface area contributed by atoms with Crippen LogP contribution in [0.4, 0.5) is 0 Å². The summed E-state index contributed by atoms with van der Waals surface area (Å²) in [6.45, 7) is 6.28. The molecule has 1 aromatic heterocycles. The molecule has 0 saturated carbocycles. The van der Waals surface area contributed by atoms with Crippen LogP contribution in [0.25, 0.3) is 0 Å². The van der Waals surface area contributed by atoms with E-state index in [2.05, 4.69) is 23.4 Å². The number of rotatable bonds is 7. The third-order valence-electron chi connectivity index (χ3n) is 2.52. The number of imidazole rings is 1. The molecule has 1 aromatic rings. The largest absolute Gasteiger partial charge is 0.395 e. The maximum atomic E-state index is 8.92. The minimum Gasteiger partial charge on any atom is -0.395 e. The maximum absolute atomic E-state index is 8.92. The predicted octanol–water partition coefficient (Wildman–Crippen LogP) is 0.251. The highest BCUT2D eigenvalue weighted by Crippen LogP contribution is 2.10. The van der Waals surface area contributed by atoms with Crippen LogP contribution in [0.1, 0.15) is 25.6 Å². The van der Waals surface area contributed by atoms with Crippen LogP contribution in [-0.4, -0.2) is 51.0 Å². The van der Waals surface area contributed by atoms with Crippen LogP contribution in [0, 0.1) is 0 Å².